The maximum absolute atomic E-state index is 12.5. The van der Waals surface area contributed by atoms with E-state index in [0.29, 0.717) is 6.54 Å². The number of nitrogens with one attached hydrogen (secondary N) is 3. The minimum atomic E-state index is -0.0687. The van der Waals surface area contributed by atoms with Gasteiger partial charge in [-0.1, -0.05) is 30.3 Å². The monoisotopic (exact) mass is 318 g/mol. The van der Waals surface area contributed by atoms with Gasteiger partial charge in [0.2, 0.25) is 5.91 Å². The summed E-state index contributed by atoms with van der Waals surface area (Å²) in [5, 5.41) is 3.09. The van der Waals surface area contributed by atoms with Gasteiger partial charge < -0.3 is 10.1 Å². The van der Waals surface area contributed by atoms with Gasteiger partial charge in [-0.25, -0.2) is 5.43 Å². The lowest BCUT2D eigenvalue weighted by Gasteiger charge is -2.26. The van der Waals surface area contributed by atoms with Crippen molar-refractivity contribution in [2.45, 2.75) is 12.5 Å². The molecule has 23 heavy (non-hydrogen) atoms. The highest BCUT2D eigenvalue weighted by molar-refractivity contribution is 5.80. The number of hydrogen-bond acceptors (Lipinski definition) is 5. The summed E-state index contributed by atoms with van der Waals surface area (Å²) < 4.78 is 5.34. The number of carbonyl (C=O) groups excluding carboxylic acids is 1. The van der Waals surface area contributed by atoms with Gasteiger partial charge in [-0.2, -0.15) is 0 Å². The van der Waals surface area contributed by atoms with Crippen LogP contribution in [0.3, 0.4) is 0 Å². The third-order valence-corrected chi connectivity index (χ3v) is 4.53. The Kier molecular flexibility index (Phi) is 5.99. The van der Waals surface area contributed by atoms with E-state index in [0.717, 1.165) is 51.4 Å². The number of carbonyl (C=O) groups is 1. The Morgan fingerprint density at radius 3 is 2.83 bits per heavy atom. The third kappa shape index (κ3) is 4.51. The SMILES string of the molecule is O=C(NCCCN1CCOCC1)C1CNNC1c1ccccc1. The summed E-state index contributed by atoms with van der Waals surface area (Å²) >= 11 is 0. The van der Waals surface area contributed by atoms with E-state index in [2.05, 4.69) is 33.2 Å². The fourth-order valence-electron chi connectivity index (χ4n) is 3.19. The van der Waals surface area contributed by atoms with Crippen LogP contribution in [0.15, 0.2) is 30.3 Å². The maximum Gasteiger partial charge on any atom is 0.226 e. The van der Waals surface area contributed by atoms with Crippen LogP contribution < -0.4 is 16.2 Å². The van der Waals surface area contributed by atoms with Crippen molar-refractivity contribution < 1.29 is 9.53 Å². The Morgan fingerprint density at radius 2 is 2.04 bits per heavy atom. The molecule has 6 heteroatoms. The summed E-state index contributed by atoms with van der Waals surface area (Å²) in [6, 6.07) is 10.2. The lowest BCUT2D eigenvalue weighted by atomic mass is 9.94. The summed E-state index contributed by atoms with van der Waals surface area (Å²) in [4.78, 5) is 14.8. The van der Waals surface area contributed by atoms with Gasteiger partial charge in [0.15, 0.2) is 0 Å². The van der Waals surface area contributed by atoms with Gasteiger partial charge in [-0.05, 0) is 18.5 Å². The Labute approximate surface area is 137 Å². The Bertz CT molecular complexity index is 491. The number of ether oxygens (including phenoxy) is 1. The standard InChI is InChI=1S/C17H26N4O2/c22-17(18-7-4-8-21-9-11-23-12-10-21)15-13-19-20-16(15)14-5-2-1-3-6-14/h1-3,5-6,15-16,19-20H,4,7-13H2,(H,18,22). The Hall–Kier alpha value is -1.47. The predicted octanol–water partition coefficient (Wildman–Crippen LogP) is 0.290. The van der Waals surface area contributed by atoms with Crippen LogP contribution in [0.1, 0.15) is 18.0 Å². The van der Waals surface area contributed by atoms with Crippen molar-refractivity contribution in [2.75, 3.05) is 45.9 Å². The van der Waals surface area contributed by atoms with Crippen LogP contribution in [-0.2, 0) is 9.53 Å². The average Bonchev–Trinajstić information content (AvgIpc) is 3.10. The number of hydrogen-bond donors (Lipinski definition) is 3. The number of hydrazine groups is 1. The first kappa shape index (κ1) is 16.4. The number of amides is 1. The molecule has 1 aromatic carbocycles. The average molecular weight is 318 g/mol. The van der Waals surface area contributed by atoms with E-state index < -0.39 is 0 Å². The molecule has 0 aromatic heterocycles. The van der Waals surface area contributed by atoms with E-state index in [1.54, 1.807) is 0 Å². The van der Waals surface area contributed by atoms with Gasteiger partial charge in [-0.3, -0.25) is 15.1 Å². The molecule has 2 fully saturated rings. The minimum absolute atomic E-state index is 0.0374. The van der Waals surface area contributed by atoms with E-state index >= 15 is 0 Å². The summed E-state index contributed by atoms with van der Waals surface area (Å²) in [6.07, 6.45) is 0.981. The van der Waals surface area contributed by atoms with Gasteiger partial charge in [0, 0.05) is 26.2 Å². The highest BCUT2D eigenvalue weighted by Gasteiger charge is 2.33. The summed E-state index contributed by atoms with van der Waals surface area (Å²) in [5.41, 5.74) is 7.47. The van der Waals surface area contributed by atoms with Gasteiger partial charge >= 0.3 is 0 Å². The largest absolute Gasteiger partial charge is 0.379 e. The zero-order valence-electron chi connectivity index (χ0n) is 13.5. The molecule has 2 heterocycles. The quantitative estimate of drug-likeness (QED) is 0.658. The predicted molar refractivity (Wildman–Crippen MR) is 88.7 cm³/mol. The van der Waals surface area contributed by atoms with E-state index in [1.807, 2.05) is 18.2 Å². The second-order valence-electron chi connectivity index (χ2n) is 6.12. The fraction of sp³-hybridized carbons (Fsp3) is 0.588. The zero-order chi connectivity index (χ0) is 15.9. The number of morpholine rings is 1. The molecule has 0 saturated carbocycles. The smallest absolute Gasteiger partial charge is 0.226 e. The van der Waals surface area contributed by atoms with E-state index in [4.69, 9.17) is 4.74 Å². The van der Waals surface area contributed by atoms with Gasteiger partial charge in [0.05, 0.1) is 25.2 Å². The molecule has 2 unspecified atom stereocenters. The Balaban J connectivity index is 1.42. The number of rotatable bonds is 6. The first-order valence-electron chi connectivity index (χ1n) is 8.46. The van der Waals surface area contributed by atoms with Crippen molar-refractivity contribution in [2.24, 2.45) is 5.92 Å². The highest BCUT2D eigenvalue weighted by Crippen LogP contribution is 2.24. The van der Waals surface area contributed by atoms with Crippen LogP contribution in [0, 0.1) is 5.92 Å². The molecule has 126 valence electrons. The molecule has 0 spiro atoms. The first-order valence-corrected chi connectivity index (χ1v) is 8.46. The van der Waals surface area contributed by atoms with Crippen molar-refractivity contribution in [1.82, 2.24) is 21.1 Å². The number of nitrogens with zero attached hydrogens (tertiary/aromatic N) is 1. The molecule has 0 radical (unpaired) electrons. The fourth-order valence-corrected chi connectivity index (χ4v) is 3.19. The molecule has 0 bridgehead atoms. The number of benzene rings is 1. The lowest BCUT2D eigenvalue weighted by Crippen LogP contribution is -2.39. The van der Waals surface area contributed by atoms with E-state index in [-0.39, 0.29) is 17.9 Å². The minimum Gasteiger partial charge on any atom is -0.379 e. The normalized spacial score (nSPS) is 25.4. The third-order valence-electron chi connectivity index (χ3n) is 4.53. The molecule has 2 aliphatic rings. The molecule has 1 amide bonds. The topological polar surface area (TPSA) is 65.6 Å². The second kappa shape index (κ2) is 8.40. The van der Waals surface area contributed by atoms with Crippen molar-refractivity contribution in [3.05, 3.63) is 35.9 Å². The molecular weight excluding hydrogens is 292 g/mol. The molecule has 2 atom stereocenters. The maximum atomic E-state index is 12.5. The molecule has 3 rings (SSSR count). The van der Waals surface area contributed by atoms with Crippen LogP contribution >= 0.6 is 0 Å². The molecule has 3 N–H and O–H groups in total. The van der Waals surface area contributed by atoms with Crippen molar-refractivity contribution in [3.63, 3.8) is 0 Å². The van der Waals surface area contributed by atoms with Crippen LogP contribution in [0.4, 0.5) is 0 Å². The zero-order valence-corrected chi connectivity index (χ0v) is 13.5. The van der Waals surface area contributed by atoms with E-state index in [1.165, 1.54) is 0 Å². The molecule has 1 aromatic rings. The van der Waals surface area contributed by atoms with Crippen LogP contribution in [0.2, 0.25) is 0 Å². The molecule has 0 aliphatic carbocycles. The molecular formula is C17H26N4O2. The van der Waals surface area contributed by atoms with Gasteiger partial charge in [0.25, 0.3) is 0 Å². The van der Waals surface area contributed by atoms with Crippen molar-refractivity contribution in [1.29, 1.82) is 0 Å². The highest BCUT2D eigenvalue weighted by atomic mass is 16.5. The summed E-state index contributed by atoms with van der Waals surface area (Å²) in [5.74, 6) is 0.0547. The lowest BCUT2D eigenvalue weighted by molar-refractivity contribution is -0.124. The molecule has 6 nitrogen and oxygen atoms in total. The van der Waals surface area contributed by atoms with Crippen LogP contribution in [-0.4, -0.2) is 56.7 Å². The Morgan fingerprint density at radius 1 is 1.26 bits per heavy atom. The molecule has 2 aliphatic heterocycles. The van der Waals surface area contributed by atoms with Crippen LogP contribution in [0.5, 0.6) is 0 Å². The van der Waals surface area contributed by atoms with Crippen LogP contribution in [0.25, 0.3) is 0 Å². The van der Waals surface area contributed by atoms with Crippen molar-refractivity contribution >= 4 is 5.91 Å². The summed E-state index contributed by atoms with van der Waals surface area (Å²) in [6.45, 7) is 6.06. The summed E-state index contributed by atoms with van der Waals surface area (Å²) in [7, 11) is 0. The van der Waals surface area contributed by atoms with E-state index in [9.17, 15) is 4.79 Å². The van der Waals surface area contributed by atoms with Gasteiger partial charge in [0.1, 0.15) is 0 Å². The molecule has 2 saturated heterocycles. The first-order chi connectivity index (χ1) is 11.3. The van der Waals surface area contributed by atoms with Crippen molar-refractivity contribution in [3.8, 4) is 0 Å². The van der Waals surface area contributed by atoms with Gasteiger partial charge in [-0.15, -0.1) is 0 Å². The second-order valence-corrected chi connectivity index (χ2v) is 6.12.